The molecule has 0 heterocycles. The SMILES string of the molecule is C/C(=C\C(C(C)C)N(C)C(=O)[C@H](NC=O)C1CCCCC1)C(=O)O. The molecule has 1 rings (SSSR count). The van der Waals surface area contributed by atoms with Crippen LogP contribution >= 0.6 is 0 Å². The van der Waals surface area contributed by atoms with Gasteiger partial charge in [0.05, 0.1) is 6.04 Å². The van der Waals surface area contributed by atoms with Crippen LogP contribution in [-0.2, 0) is 14.4 Å². The lowest BCUT2D eigenvalue weighted by Crippen LogP contribution is -2.52. The van der Waals surface area contributed by atoms with E-state index in [1.54, 1.807) is 18.0 Å². The monoisotopic (exact) mass is 338 g/mol. The number of rotatable bonds is 8. The molecule has 0 radical (unpaired) electrons. The zero-order valence-corrected chi connectivity index (χ0v) is 15.1. The third-order valence-corrected chi connectivity index (χ3v) is 4.87. The van der Waals surface area contributed by atoms with Crippen molar-refractivity contribution in [2.75, 3.05) is 7.05 Å². The Hall–Kier alpha value is -1.85. The van der Waals surface area contributed by atoms with Crippen LogP contribution in [0.15, 0.2) is 11.6 Å². The van der Waals surface area contributed by atoms with Crippen molar-refractivity contribution in [2.24, 2.45) is 11.8 Å². The lowest BCUT2D eigenvalue weighted by molar-refractivity contribution is -0.137. The predicted octanol–water partition coefficient (Wildman–Crippen LogP) is 2.20. The number of amides is 2. The second-order valence-electron chi connectivity index (χ2n) is 7.00. The second-order valence-corrected chi connectivity index (χ2v) is 7.00. The number of carbonyl (C=O) groups is 3. The van der Waals surface area contributed by atoms with Gasteiger partial charge in [0.1, 0.15) is 6.04 Å². The molecule has 1 unspecified atom stereocenters. The fourth-order valence-corrected chi connectivity index (χ4v) is 3.40. The van der Waals surface area contributed by atoms with Gasteiger partial charge in [-0.2, -0.15) is 0 Å². The number of likely N-dealkylation sites (N-methyl/N-ethyl adjacent to an activating group) is 1. The van der Waals surface area contributed by atoms with Gasteiger partial charge in [0.2, 0.25) is 12.3 Å². The Balaban J connectivity index is 2.98. The van der Waals surface area contributed by atoms with Gasteiger partial charge >= 0.3 is 5.97 Å². The van der Waals surface area contributed by atoms with Gasteiger partial charge in [-0.25, -0.2) is 4.79 Å². The average molecular weight is 338 g/mol. The first-order valence-corrected chi connectivity index (χ1v) is 8.67. The highest BCUT2D eigenvalue weighted by Gasteiger charge is 2.33. The topological polar surface area (TPSA) is 86.7 Å². The quantitative estimate of drug-likeness (QED) is 0.525. The van der Waals surface area contributed by atoms with Gasteiger partial charge in [-0.15, -0.1) is 0 Å². The molecule has 1 saturated carbocycles. The van der Waals surface area contributed by atoms with Gasteiger partial charge in [-0.3, -0.25) is 9.59 Å². The molecule has 0 aromatic rings. The van der Waals surface area contributed by atoms with Crippen molar-refractivity contribution in [1.82, 2.24) is 10.2 Å². The third kappa shape index (κ3) is 5.35. The maximum absolute atomic E-state index is 13.0. The number of nitrogens with zero attached hydrogens (tertiary/aromatic N) is 1. The Morgan fingerprint density at radius 2 is 1.79 bits per heavy atom. The minimum absolute atomic E-state index is 0.0662. The summed E-state index contributed by atoms with van der Waals surface area (Å²) < 4.78 is 0. The molecule has 136 valence electrons. The Morgan fingerprint density at radius 1 is 1.21 bits per heavy atom. The molecule has 2 amide bonds. The molecule has 0 aromatic carbocycles. The van der Waals surface area contributed by atoms with E-state index in [9.17, 15) is 14.4 Å². The largest absolute Gasteiger partial charge is 0.478 e. The highest BCUT2D eigenvalue weighted by atomic mass is 16.4. The van der Waals surface area contributed by atoms with E-state index in [0.717, 1.165) is 25.7 Å². The predicted molar refractivity (Wildman–Crippen MR) is 92.4 cm³/mol. The first-order chi connectivity index (χ1) is 11.3. The number of nitrogens with one attached hydrogen (secondary N) is 1. The van der Waals surface area contributed by atoms with E-state index < -0.39 is 12.0 Å². The summed E-state index contributed by atoms with van der Waals surface area (Å²) in [5, 5.41) is 11.8. The van der Waals surface area contributed by atoms with E-state index in [4.69, 9.17) is 5.11 Å². The minimum Gasteiger partial charge on any atom is -0.478 e. The van der Waals surface area contributed by atoms with Crippen LogP contribution in [0.5, 0.6) is 0 Å². The fraction of sp³-hybridized carbons (Fsp3) is 0.722. The van der Waals surface area contributed by atoms with Crippen LogP contribution in [0.1, 0.15) is 52.9 Å². The van der Waals surface area contributed by atoms with Gasteiger partial charge in [0.15, 0.2) is 0 Å². The lowest BCUT2D eigenvalue weighted by atomic mass is 9.83. The number of aliphatic carboxylic acids is 1. The molecular weight excluding hydrogens is 308 g/mol. The molecule has 2 atom stereocenters. The molecule has 0 aliphatic heterocycles. The Labute approximate surface area is 144 Å². The standard InChI is InChI=1S/C18H30N2O4/c1-12(2)15(10-13(3)18(23)24)20(4)17(22)16(19-11-21)14-8-6-5-7-9-14/h10-12,14-16H,5-9H2,1-4H3,(H,19,21)(H,23,24)/b13-10+/t15?,16-/m1/s1. The Kier molecular flexibility index (Phi) is 7.95. The summed E-state index contributed by atoms with van der Waals surface area (Å²) in [6.07, 6.45) is 7.39. The van der Waals surface area contributed by atoms with Crippen molar-refractivity contribution in [3.63, 3.8) is 0 Å². The lowest BCUT2D eigenvalue weighted by Gasteiger charge is -2.36. The minimum atomic E-state index is -0.989. The Bertz CT molecular complexity index is 481. The molecule has 0 bridgehead atoms. The van der Waals surface area contributed by atoms with Crippen molar-refractivity contribution in [1.29, 1.82) is 0 Å². The van der Waals surface area contributed by atoms with Crippen molar-refractivity contribution in [2.45, 2.75) is 65.0 Å². The van der Waals surface area contributed by atoms with Crippen molar-refractivity contribution >= 4 is 18.3 Å². The van der Waals surface area contributed by atoms with E-state index in [-0.39, 0.29) is 29.4 Å². The van der Waals surface area contributed by atoms with Crippen LogP contribution in [0.4, 0.5) is 0 Å². The number of hydrogen-bond acceptors (Lipinski definition) is 3. The summed E-state index contributed by atoms with van der Waals surface area (Å²) >= 11 is 0. The number of carboxylic acids is 1. The highest BCUT2D eigenvalue weighted by molar-refractivity contribution is 5.87. The summed E-state index contributed by atoms with van der Waals surface area (Å²) in [6.45, 7) is 5.42. The molecule has 0 spiro atoms. The second kappa shape index (κ2) is 9.45. The van der Waals surface area contributed by atoms with Crippen molar-refractivity contribution in [3.05, 3.63) is 11.6 Å². The highest BCUT2D eigenvalue weighted by Crippen LogP contribution is 2.28. The number of carbonyl (C=O) groups excluding carboxylic acids is 2. The van der Waals surface area contributed by atoms with Crippen LogP contribution in [0.2, 0.25) is 0 Å². The first kappa shape index (κ1) is 20.2. The summed E-state index contributed by atoms with van der Waals surface area (Å²) in [7, 11) is 1.68. The van der Waals surface area contributed by atoms with E-state index in [1.165, 1.54) is 13.3 Å². The van der Waals surface area contributed by atoms with Gasteiger partial charge in [-0.05, 0) is 31.6 Å². The molecule has 6 nitrogen and oxygen atoms in total. The van der Waals surface area contributed by atoms with E-state index >= 15 is 0 Å². The molecule has 1 aliphatic carbocycles. The Morgan fingerprint density at radius 3 is 2.25 bits per heavy atom. The smallest absolute Gasteiger partial charge is 0.331 e. The average Bonchev–Trinajstić information content (AvgIpc) is 2.56. The van der Waals surface area contributed by atoms with Crippen LogP contribution in [0.3, 0.4) is 0 Å². The summed E-state index contributed by atoms with van der Waals surface area (Å²) in [4.78, 5) is 36.6. The zero-order valence-electron chi connectivity index (χ0n) is 15.1. The van der Waals surface area contributed by atoms with Crippen molar-refractivity contribution < 1.29 is 19.5 Å². The van der Waals surface area contributed by atoms with Crippen LogP contribution < -0.4 is 5.32 Å². The molecule has 0 saturated heterocycles. The molecule has 1 aliphatic rings. The van der Waals surface area contributed by atoms with Gasteiger partial charge < -0.3 is 15.3 Å². The molecular formula is C18H30N2O4. The summed E-state index contributed by atoms with van der Waals surface area (Å²) in [6, 6.07) is -0.860. The third-order valence-electron chi connectivity index (χ3n) is 4.87. The number of carboxylic acid groups (broad SMARTS) is 1. The summed E-state index contributed by atoms with van der Waals surface area (Å²) in [5.74, 6) is -0.925. The van der Waals surface area contributed by atoms with Gasteiger partial charge in [0, 0.05) is 12.6 Å². The molecule has 6 heteroatoms. The molecule has 0 aromatic heterocycles. The molecule has 24 heavy (non-hydrogen) atoms. The van der Waals surface area contributed by atoms with E-state index in [0.29, 0.717) is 6.41 Å². The summed E-state index contributed by atoms with van der Waals surface area (Å²) in [5.41, 5.74) is 0.214. The maximum Gasteiger partial charge on any atom is 0.331 e. The molecule has 1 fully saturated rings. The molecule has 2 N–H and O–H groups in total. The van der Waals surface area contributed by atoms with Crippen LogP contribution in [0.25, 0.3) is 0 Å². The zero-order chi connectivity index (χ0) is 18.3. The van der Waals surface area contributed by atoms with Gasteiger partial charge in [-0.1, -0.05) is 39.2 Å². The first-order valence-electron chi connectivity index (χ1n) is 8.67. The van der Waals surface area contributed by atoms with Crippen molar-refractivity contribution in [3.8, 4) is 0 Å². The van der Waals surface area contributed by atoms with E-state index in [1.807, 2.05) is 13.8 Å². The van der Waals surface area contributed by atoms with Crippen LogP contribution in [0, 0.1) is 11.8 Å². The van der Waals surface area contributed by atoms with Gasteiger partial charge in [0.25, 0.3) is 0 Å². The maximum atomic E-state index is 13.0. The normalized spacial score (nSPS) is 18.8. The fourth-order valence-electron chi connectivity index (χ4n) is 3.40. The number of hydrogen-bond donors (Lipinski definition) is 2. The van der Waals surface area contributed by atoms with E-state index in [2.05, 4.69) is 5.32 Å². The van der Waals surface area contributed by atoms with Crippen LogP contribution in [-0.4, -0.2) is 47.4 Å².